The van der Waals surface area contributed by atoms with Gasteiger partial charge in [-0.3, -0.25) is 14.6 Å². The summed E-state index contributed by atoms with van der Waals surface area (Å²) in [5.41, 5.74) is 5.20. The average Bonchev–Trinajstić information content (AvgIpc) is 3.05. The standard InChI is InChI=1S/C20H23N7O2/c1-12-10-16(27(26-12)19-22-17(28)13(2)23-25-19)18(29)24-21-11-14-6-8-15(9-7-14)20(3,4)5/h6-11H,1-5H3,(H,24,29)(H,22,25,28)/b21-11-. The van der Waals surface area contributed by atoms with Gasteiger partial charge in [0.25, 0.3) is 17.4 Å². The Hall–Kier alpha value is -3.62. The molecule has 0 bridgehead atoms. The predicted molar refractivity (Wildman–Crippen MR) is 109 cm³/mol. The van der Waals surface area contributed by atoms with E-state index in [0.29, 0.717) is 5.69 Å². The lowest BCUT2D eigenvalue weighted by molar-refractivity contribution is 0.0947. The van der Waals surface area contributed by atoms with Crippen LogP contribution in [0.1, 0.15) is 53.8 Å². The zero-order valence-electron chi connectivity index (χ0n) is 17.0. The molecular formula is C20H23N7O2. The van der Waals surface area contributed by atoms with Crippen molar-refractivity contribution in [2.75, 3.05) is 0 Å². The van der Waals surface area contributed by atoms with Gasteiger partial charge < -0.3 is 0 Å². The van der Waals surface area contributed by atoms with Crippen LogP contribution in [0.5, 0.6) is 0 Å². The molecule has 0 atom stereocenters. The Morgan fingerprint density at radius 1 is 1.17 bits per heavy atom. The summed E-state index contributed by atoms with van der Waals surface area (Å²) in [6, 6.07) is 9.53. The molecule has 3 rings (SSSR count). The molecule has 0 unspecified atom stereocenters. The van der Waals surface area contributed by atoms with Crippen LogP contribution in [0.3, 0.4) is 0 Å². The molecule has 0 saturated heterocycles. The molecule has 9 nitrogen and oxygen atoms in total. The quantitative estimate of drug-likeness (QED) is 0.519. The van der Waals surface area contributed by atoms with E-state index in [2.05, 4.69) is 51.6 Å². The summed E-state index contributed by atoms with van der Waals surface area (Å²) in [6.45, 7) is 9.71. The second-order valence-electron chi connectivity index (χ2n) is 7.72. The third kappa shape index (κ3) is 4.63. The molecule has 9 heteroatoms. The van der Waals surface area contributed by atoms with Crippen LogP contribution in [0.2, 0.25) is 0 Å². The summed E-state index contributed by atoms with van der Waals surface area (Å²) < 4.78 is 1.23. The third-order valence-corrected chi connectivity index (χ3v) is 4.27. The molecule has 1 aromatic carbocycles. The van der Waals surface area contributed by atoms with Gasteiger partial charge in [0.15, 0.2) is 0 Å². The largest absolute Gasteiger partial charge is 0.290 e. The molecule has 0 aliphatic rings. The summed E-state index contributed by atoms with van der Waals surface area (Å²) in [5, 5.41) is 15.9. The van der Waals surface area contributed by atoms with Crippen molar-refractivity contribution in [2.24, 2.45) is 5.10 Å². The van der Waals surface area contributed by atoms with Gasteiger partial charge in [0.2, 0.25) is 0 Å². The lowest BCUT2D eigenvalue weighted by Gasteiger charge is -2.18. The number of aromatic nitrogens is 5. The molecule has 150 valence electrons. The third-order valence-electron chi connectivity index (χ3n) is 4.27. The van der Waals surface area contributed by atoms with Gasteiger partial charge in [-0.05, 0) is 36.5 Å². The molecule has 0 fully saturated rings. The first-order valence-corrected chi connectivity index (χ1v) is 9.10. The summed E-state index contributed by atoms with van der Waals surface area (Å²) in [6.07, 6.45) is 1.56. The van der Waals surface area contributed by atoms with E-state index >= 15 is 0 Å². The van der Waals surface area contributed by atoms with Crippen molar-refractivity contribution in [1.82, 2.24) is 30.4 Å². The Balaban J connectivity index is 1.77. The number of carbonyl (C=O) groups excluding carboxylic acids is 1. The van der Waals surface area contributed by atoms with E-state index in [1.54, 1.807) is 26.1 Å². The minimum atomic E-state index is -0.489. The van der Waals surface area contributed by atoms with E-state index in [-0.39, 0.29) is 22.8 Å². The molecule has 0 saturated carbocycles. The summed E-state index contributed by atoms with van der Waals surface area (Å²) >= 11 is 0. The molecule has 2 aromatic heterocycles. The van der Waals surface area contributed by atoms with E-state index < -0.39 is 11.5 Å². The molecule has 1 amide bonds. The number of aryl methyl sites for hydroxylation is 2. The van der Waals surface area contributed by atoms with Crippen LogP contribution in [0.25, 0.3) is 5.95 Å². The maximum Gasteiger partial charge on any atom is 0.290 e. The van der Waals surface area contributed by atoms with Crippen molar-refractivity contribution < 1.29 is 4.79 Å². The molecule has 3 aromatic rings. The lowest BCUT2D eigenvalue weighted by Crippen LogP contribution is -2.24. The second kappa shape index (κ2) is 7.78. The van der Waals surface area contributed by atoms with Gasteiger partial charge in [-0.25, -0.2) is 5.43 Å². The van der Waals surface area contributed by atoms with Gasteiger partial charge in [0.05, 0.1) is 11.9 Å². The van der Waals surface area contributed by atoms with Crippen LogP contribution < -0.4 is 11.0 Å². The average molecular weight is 393 g/mol. The number of rotatable bonds is 4. The molecule has 0 spiro atoms. The Kier molecular flexibility index (Phi) is 5.40. The minimum absolute atomic E-state index is 0.0561. The van der Waals surface area contributed by atoms with E-state index in [4.69, 9.17) is 0 Å². The summed E-state index contributed by atoms with van der Waals surface area (Å²) in [4.78, 5) is 26.9. The molecule has 2 N–H and O–H groups in total. The molecule has 2 heterocycles. The molecule has 0 aliphatic carbocycles. The summed E-state index contributed by atoms with van der Waals surface area (Å²) in [5.74, 6) is -0.433. The smallest absolute Gasteiger partial charge is 0.288 e. The fourth-order valence-corrected chi connectivity index (χ4v) is 2.59. The zero-order valence-corrected chi connectivity index (χ0v) is 17.0. The topological polar surface area (TPSA) is 118 Å². The number of hydrogen-bond acceptors (Lipinski definition) is 6. The number of H-pyrrole nitrogens is 1. The number of hydrogen-bond donors (Lipinski definition) is 2. The first-order valence-electron chi connectivity index (χ1n) is 9.10. The molecule has 0 aliphatic heterocycles. The van der Waals surface area contributed by atoms with Gasteiger partial charge in [0.1, 0.15) is 11.4 Å². The highest BCUT2D eigenvalue weighted by Crippen LogP contribution is 2.21. The van der Waals surface area contributed by atoms with Crippen molar-refractivity contribution in [2.45, 2.75) is 40.0 Å². The number of benzene rings is 1. The summed E-state index contributed by atoms with van der Waals surface area (Å²) in [7, 11) is 0. The first kappa shape index (κ1) is 20.1. The highest BCUT2D eigenvalue weighted by Gasteiger charge is 2.17. The monoisotopic (exact) mass is 393 g/mol. The number of aromatic amines is 1. The van der Waals surface area contributed by atoms with Crippen LogP contribution in [0.15, 0.2) is 40.2 Å². The Labute approximate surface area is 167 Å². The number of hydrazone groups is 1. The normalized spacial score (nSPS) is 11.8. The van der Waals surface area contributed by atoms with Crippen molar-refractivity contribution in [3.05, 3.63) is 68.9 Å². The fraction of sp³-hybridized carbons (Fsp3) is 0.300. The van der Waals surface area contributed by atoms with E-state index in [1.807, 2.05) is 24.3 Å². The van der Waals surface area contributed by atoms with Crippen molar-refractivity contribution in [3.8, 4) is 5.95 Å². The van der Waals surface area contributed by atoms with E-state index in [1.165, 1.54) is 10.2 Å². The van der Waals surface area contributed by atoms with Crippen molar-refractivity contribution >= 4 is 12.1 Å². The van der Waals surface area contributed by atoms with Crippen LogP contribution >= 0.6 is 0 Å². The van der Waals surface area contributed by atoms with Gasteiger partial charge in [-0.2, -0.15) is 14.9 Å². The molecular weight excluding hydrogens is 370 g/mol. The predicted octanol–water partition coefficient (Wildman–Crippen LogP) is 2.03. The van der Waals surface area contributed by atoms with Crippen molar-refractivity contribution in [3.63, 3.8) is 0 Å². The first-order chi connectivity index (χ1) is 13.6. The van der Waals surface area contributed by atoms with Crippen LogP contribution in [-0.4, -0.2) is 37.1 Å². The van der Waals surface area contributed by atoms with Gasteiger partial charge >= 0.3 is 0 Å². The van der Waals surface area contributed by atoms with Gasteiger partial charge in [0, 0.05) is 0 Å². The number of carbonyl (C=O) groups is 1. The maximum atomic E-state index is 12.6. The minimum Gasteiger partial charge on any atom is -0.288 e. The zero-order chi connectivity index (χ0) is 21.2. The van der Waals surface area contributed by atoms with Crippen LogP contribution in [0.4, 0.5) is 0 Å². The maximum absolute atomic E-state index is 12.6. The molecule has 0 radical (unpaired) electrons. The van der Waals surface area contributed by atoms with Crippen LogP contribution in [0, 0.1) is 13.8 Å². The Morgan fingerprint density at radius 2 is 1.86 bits per heavy atom. The number of nitrogens with one attached hydrogen (secondary N) is 2. The Bertz CT molecular complexity index is 1120. The highest BCUT2D eigenvalue weighted by molar-refractivity contribution is 5.93. The van der Waals surface area contributed by atoms with E-state index in [0.717, 1.165) is 5.56 Å². The SMILES string of the molecule is Cc1cc(C(=O)N/N=C\c2ccc(C(C)(C)C)cc2)n(-c2nnc(C)c(=O)[nH]2)n1. The van der Waals surface area contributed by atoms with Gasteiger partial charge in [-0.1, -0.05) is 45.0 Å². The lowest BCUT2D eigenvalue weighted by atomic mass is 9.87. The van der Waals surface area contributed by atoms with Gasteiger partial charge in [-0.15, -0.1) is 10.2 Å². The number of amides is 1. The van der Waals surface area contributed by atoms with Crippen molar-refractivity contribution in [1.29, 1.82) is 0 Å². The second-order valence-corrected chi connectivity index (χ2v) is 7.72. The molecule has 29 heavy (non-hydrogen) atoms. The fourth-order valence-electron chi connectivity index (χ4n) is 2.59. The van der Waals surface area contributed by atoms with Crippen LogP contribution in [-0.2, 0) is 5.41 Å². The number of nitrogens with zero attached hydrogens (tertiary/aromatic N) is 5. The Morgan fingerprint density at radius 3 is 2.48 bits per heavy atom. The van der Waals surface area contributed by atoms with E-state index in [9.17, 15) is 9.59 Å². The highest BCUT2D eigenvalue weighted by atomic mass is 16.2.